The summed E-state index contributed by atoms with van der Waals surface area (Å²) < 4.78 is 21.3. The zero-order valence-electron chi connectivity index (χ0n) is 20.1. The van der Waals surface area contributed by atoms with Gasteiger partial charge in [-0.25, -0.2) is 13.9 Å². The molecule has 0 spiro atoms. The summed E-state index contributed by atoms with van der Waals surface area (Å²) >= 11 is 1.46. The fourth-order valence-corrected chi connectivity index (χ4v) is 5.55. The zero-order chi connectivity index (χ0) is 25.1. The molecule has 0 saturated carbocycles. The van der Waals surface area contributed by atoms with E-state index in [9.17, 15) is 4.39 Å². The first-order valence-corrected chi connectivity index (χ1v) is 12.8. The molecule has 1 fully saturated rings. The number of amidine groups is 1. The van der Waals surface area contributed by atoms with Crippen molar-refractivity contribution in [2.75, 3.05) is 26.2 Å². The number of aryl methyl sites for hydroxylation is 1. The van der Waals surface area contributed by atoms with Crippen LogP contribution in [0.3, 0.4) is 0 Å². The highest BCUT2D eigenvalue weighted by atomic mass is 32.1. The van der Waals surface area contributed by atoms with Crippen LogP contribution in [0.15, 0.2) is 53.7 Å². The minimum absolute atomic E-state index is 0.315. The molecule has 4 aromatic rings. The normalized spacial score (nSPS) is 15.4. The third-order valence-corrected chi connectivity index (χ3v) is 7.40. The van der Waals surface area contributed by atoms with Gasteiger partial charge in [-0.2, -0.15) is 5.10 Å². The Balaban J connectivity index is 1.45. The molecule has 1 aliphatic rings. The number of rotatable bonds is 8. The Kier molecular flexibility index (Phi) is 7.06. The van der Waals surface area contributed by atoms with E-state index in [-0.39, 0.29) is 0 Å². The van der Waals surface area contributed by atoms with Gasteiger partial charge in [0.05, 0.1) is 22.5 Å². The molecule has 0 atom stereocenters. The summed E-state index contributed by atoms with van der Waals surface area (Å²) in [5.74, 6) is 1.07. The Morgan fingerprint density at radius 2 is 2.06 bits per heavy atom. The Morgan fingerprint density at radius 3 is 2.81 bits per heavy atom. The Hall–Kier alpha value is -3.63. The van der Waals surface area contributed by atoms with Crippen molar-refractivity contribution < 1.29 is 14.5 Å². The van der Waals surface area contributed by atoms with Crippen molar-refractivity contribution >= 4 is 29.0 Å². The standard InChI is InChI=1S/C26H28FN7OS/c1-17-22(26-31-23(18-5-3-2-4-6-18)24(36-26)25(29)30-16-28)21-15-20(9-12-34(21)32-17)35-14-13-33-10-7-19(27)8-11-33/h2-6,9,12,15-16,19H,7-8,10-11,13-14H2,1H3,(H3,28,29,30)/p+1. The average molecular weight is 507 g/mol. The fourth-order valence-electron chi connectivity index (χ4n) is 4.45. The molecular formula is C26H29FN7OS+. The van der Waals surface area contributed by atoms with Crippen LogP contribution in [0.25, 0.3) is 27.3 Å². The summed E-state index contributed by atoms with van der Waals surface area (Å²) in [7, 11) is 0. The number of benzene rings is 1. The molecule has 1 aromatic carbocycles. The monoisotopic (exact) mass is 506 g/mol. The predicted molar refractivity (Wildman–Crippen MR) is 141 cm³/mol. The number of likely N-dealkylation sites (tertiary alicyclic amines) is 1. The van der Waals surface area contributed by atoms with Gasteiger partial charge in [-0.1, -0.05) is 30.3 Å². The molecule has 0 radical (unpaired) electrons. The van der Waals surface area contributed by atoms with E-state index in [2.05, 4.69) is 15.0 Å². The highest BCUT2D eigenvalue weighted by molar-refractivity contribution is 7.17. The van der Waals surface area contributed by atoms with E-state index in [0.717, 1.165) is 63.3 Å². The van der Waals surface area contributed by atoms with Crippen molar-refractivity contribution in [3.63, 3.8) is 0 Å². The van der Waals surface area contributed by atoms with Gasteiger partial charge in [-0.05, 0) is 30.8 Å². The number of alkyl halides is 1. The lowest BCUT2D eigenvalue weighted by atomic mass is 10.1. The van der Waals surface area contributed by atoms with Gasteiger partial charge in [0.25, 0.3) is 12.2 Å². The number of aromatic nitrogens is 3. The van der Waals surface area contributed by atoms with Crippen LogP contribution < -0.4 is 15.9 Å². The molecule has 3 aromatic heterocycles. The summed E-state index contributed by atoms with van der Waals surface area (Å²) in [4.78, 5) is 12.1. The van der Waals surface area contributed by atoms with Crippen LogP contribution in [0, 0.1) is 6.92 Å². The third kappa shape index (κ3) is 5.00. The molecule has 0 bridgehead atoms. The summed E-state index contributed by atoms with van der Waals surface area (Å²) in [5.41, 5.74) is 10.6. The van der Waals surface area contributed by atoms with Gasteiger partial charge in [-0.3, -0.25) is 10.3 Å². The van der Waals surface area contributed by atoms with Crippen LogP contribution >= 0.6 is 11.3 Å². The molecule has 8 nitrogen and oxygen atoms in total. The number of nitrogens with two attached hydrogens (primary N) is 2. The highest BCUT2D eigenvalue weighted by Crippen LogP contribution is 2.37. The van der Waals surface area contributed by atoms with Crippen molar-refractivity contribution in [1.82, 2.24) is 19.5 Å². The number of hydrogen-bond acceptors (Lipinski definition) is 5. The van der Waals surface area contributed by atoms with Gasteiger partial charge in [0.15, 0.2) is 0 Å². The number of piperidine rings is 1. The molecular weight excluding hydrogens is 477 g/mol. The molecule has 36 heavy (non-hydrogen) atoms. The molecule has 1 aliphatic heterocycles. The highest BCUT2D eigenvalue weighted by Gasteiger charge is 2.23. The van der Waals surface area contributed by atoms with Gasteiger partial charge < -0.3 is 10.5 Å². The number of hydrogen-bond donors (Lipinski definition) is 2. The largest absolute Gasteiger partial charge is 0.492 e. The van der Waals surface area contributed by atoms with Gasteiger partial charge in [0, 0.05) is 37.5 Å². The van der Waals surface area contributed by atoms with E-state index >= 15 is 0 Å². The third-order valence-electron chi connectivity index (χ3n) is 6.31. The van der Waals surface area contributed by atoms with Crippen molar-refractivity contribution in [2.24, 2.45) is 10.7 Å². The molecule has 5 rings (SSSR count). The van der Waals surface area contributed by atoms with Crippen molar-refractivity contribution in [1.29, 1.82) is 0 Å². The van der Waals surface area contributed by atoms with Crippen LogP contribution in [0.1, 0.15) is 23.4 Å². The second-order valence-electron chi connectivity index (χ2n) is 8.74. The molecule has 0 unspecified atom stereocenters. The van der Waals surface area contributed by atoms with Crippen LogP contribution in [-0.2, 0) is 0 Å². The van der Waals surface area contributed by atoms with Crippen LogP contribution in [-0.4, -0.2) is 64.1 Å². The van der Waals surface area contributed by atoms with Gasteiger partial charge in [-0.15, -0.1) is 11.3 Å². The maximum atomic E-state index is 13.4. The summed E-state index contributed by atoms with van der Waals surface area (Å²) in [6, 6.07) is 13.8. The summed E-state index contributed by atoms with van der Waals surface area (Å²) in [6.07, 6.45) is 3.61. The molecule has 1 saturated heterocycles. The van der Waals surface area contributed by atoms with E-state index in [1.807, 2.05) is 60.1 Å². The SMILES string of the molecule is Cc1nn2ccc(OCCN3CCC(F)CC3)cc2c1-c1nc(-c2ccccc2)c(C(N)=NC=[NH2+])s1. The molecule has 186 valence electrons. The number of nitrogens with zero attached hydrogens (tertiary/aromatic N) is 5. The molecule has 4 heterocycles. The molecule has 4 N–H and O–H groups in total. The first-order chi connectivity index (χ1) is 17.5. The molecule has 10 heteroatoms. The Morgan fingerprint density at radius 1 is 1.28 bits per heavy atom. The second-order valence-corrected chi connectivity index (χ2v) is 9.74. The lowest BCUT2D eigenvalue weighted by Crippen LogP contribution is -2.37. The first-order valence-electron chi connectivity index (χ1n) is 12.0. The molecule has 0 aliphatic carbocycles. The van der Waals surface area contributed by atoms with Crippen molar-refractivity contribution in [3.05, 3.63) is 59.2 Å². The van der Waals surface area contributed by atoms with Crippen molar-refractivity contribution in [3.8, 4) is 27.6 Å². The quantitative estimate of drug-likeness (QED) is 0.282. The number of halogens is 1. The molecule has 0 amide bonds. The predicted octanol–water partition coefficient (Wildman–Crippen LogP) is 2.74. The van der Waals surface area contributed by atoms with E-state index in [0.29, 0.717) is 25.3 Å². The van der Waals surface area contributed by atoms with Crippen LogP contribution in [0.4, 0.5) is 4.39 Å². The number of pyridine rings is 1. The first kappa shape index (κ1) is 24.1. The maximum Gasteiger partial charge on any atom is 0.279 e. The fraction of sp³-hybridized carbons (Fsp3) is 0.308. The Labute approximate surface area is 212 Å². The van der Waals surface area contributed by atoms with Gasteiger partial charge in [0.1, 0.15) is 28.4 Å². The van der Waals surface area contributed by atoms with Gasteiger partial charge >= 0.3 is 0 Å². The number of aliphatic imine (C=N–C) groups is 1. The number of thiazole rings is 1. The number of ether oxygens (including phenoxy) is 1. The second kappa shape index (κ2) is 10.5. The van der Waals surface area contributed by atoms with E-state index < -0.39 is 6.17 Å². The van der Waals surface area contributed by atoms with E-state index in [1.54, 1.807) is 0 Å². The minimum Gasteiger partial charge on any atom is -0.492 e. The maximum absolute atomic E-state index is 13.4. The number of fused-ring (bicyclic) bond motifs is 1. The van der Waals surface area contributed by atoms with Crippen molar-refractivity contribution in [2.45, 2.75) is 25.9 Å². The van der Waals surface area contributed by atoms with E-state index in [1.165, 1.54) is 17.7 Å². The van der Waals surface area contributed by atoms with Crippen LogP contribution in [0.5, 0.6) is 5.75 Å². The Bertz CT molecular complexity index is 1390. The smallest absolute Gasteiger partial charge is 0.279 e. The van der Waals surface area contributed by atoms with Gasteiger partial charge in [0.2, 0.25) is 0 Å². The average Bonchev–Trinajstić information content (AvgIpc) is 3.46. The van der Waals surface area contributed by atoms with Crippen LogP contribution in [0.2, 0.25) is 0 Å². The van der Waals surface area contributed by atoms with E-state index in [4.69, 9.17) is 20.9 Å². The summed E-state index contributed by atoms with van der Waals surface area (Å²) in [5, 5.41) is 11.0. The summed E-state index contributed by atoms with van der Waals surface area (Å²) in [6.45, 7) is 4.83. The lowest BCUT2D eigenvalue weighted by molar-refractivity contribution is -0.106. The topological polar surface area (TPSA) is 107 Å². The zero-order valence-corrected chi connectivity index (χ0v) is 20.9. The lowest BCUT2D eigenvalue weighted by Gasteiger charge is -2.28. The minimum atomic E-state index is -0.669.